The maximum Gasteiger partial charge on any atom is 0.410 e. The number of hydrogen-bond acceptors (Lipinski definition) is 3. The summed E-state index contributed by atoms with van der Waals surface area (Å²) in [5.41, 5.74) is 1.02. The van der Waals surface area contributed by atoms with E-state index in [1.165, 1.54) is 0 Å². The van der Waals surface area contributed by atoms with E-state index in [4.69, 9.17) is 4.74 Å². The summed E-state index contributed by atoms with van der Waals surface area (Å²) in [5.74, 6) is 0. The standard InChI is InChI=1S/C19H28N2O2/c1-3-20(4-2)14-8-12-18-13-9-15-21(18)19(22)23-16-17-10-6-5-7-11-17/h5-8,10-12,18H,3-4,9,13-16H2,1-2H3/b12-8+. The van der Waals surface area contributed by atoms with Gasteiger partial charge in [0.1, 0.15) is 6.61 Å². The third-order valence-corrected chi connectivity index (χ3v) is 4.36. The Morgan fingerprint density at radius 1 is 1.30 bits per heavy atom. The normalized spacial score (nSPS) is 18.0. The fraction of sp³-hybridized carbons (Fsp3) is 0.526. The smallest absolute Gasteiger partial charge is 0.410 e. The van der Waals surface area contributed by atoms with Gasteiger partial charge in [0.2, 0.25) is 0 Å². The minimum atomic E-state index is -0.205. The Labute approximate surface area is 139 Å². The van der Waals surface area contributed by atoms with Gasteiger partial charge in [-0.2, -0.15) is 0 Å². The van der Waals surface area contributed by atoms with Crippen LogP contribution in [0.3, 0.4) is 0 Å². The average molecular weight is 316 g/mol. The van der Waals surface area contributed by atoms with Crippen molar-refractivity contribution in [2.24, 2.45) is 0 Å². The maximum atomic E-state index is 12.3. The molecule has 1 aromatic rings. The molecule has 4 heteroatoms. The third-order valence-electron chi connectivity index (χ3n) is 4.36. The van der Waals surface area contributed by atoms with Crippen LogP contribution in [-0.2, 0) is 11.3 Å². The molecule has 1 atom stereocenters. The van der Waals surface area contributed by atoms with E-state index in [1.807, 2.05) is 35.2 Å². The highest BCUT2D eigenvalue weighted by Gasteiger charge is 2.27. The number of nitrogens with zero attached hydrogens (tertiary/aromatic N) is 2. The lowest BCUT2D eigenvalue weighted by atomic mass is 10.2. The van der Waals surface area contributed by atoms with E-state index in [0.717, 1.165) is 44.6 Å². The molecule has 0 radical (unpaired) electrons. The number of carbonyl (C=O) groups is 1. The topological polar surface area (TPSA) is 32.8 Å². The van der Waals surface area contributed by atoms with Crippen LogP contribution < -0.4 is 0 Å². The predicted octanol–water partition coefficient (Wildman–Crippen LogP) is 3.69. The Kier molecular flexibility index (Phi) is 7.14. The van der Waals surface area contributed by atoms with Gasteiger partial charge in [0.15, 0.2) is 0 Å². The summed E-state index contributed by atoms with van der Waals surface area (Å²) >= 11 is 0. The molecule has 0 aliphatic carbocycles. The molecule has 1 saturated heterocycles. The minimum Gasteiger partial charge on any atom is -0.445 e. The maximum absolute atomic E-state index is 12.3. The van der Waals surface area contributed by atoms with Crippen molar-refractivity contribution < 1.29 is 9.53 Å². The van der Waals surface area contributed by atoms with Crippen molar-refractivity contribution in [1.29, 1.82) is 0 Å². The first-order valence-electron chi connectivity index (χ1n) is 8.61. The van der Waals surface area contributed by atoms with Crippen LogP contribution in [0.1, 0.15) is 32.3 Å². The number of likely N-dealkylation sites (N-methyl/N-ethyl adjacent to an activating group) is 1. The quantitative estimate of drug-likeness (QED) is 0.719. The molecule has 1 fully saturated rings. The van der Waals surface area contributed by atoms with E-state index in [9.17, 15) is 4.79 Å². The van der Waals surface area contributed by atoms with Crippen LogP contribution in [0.5, 0.6) is 0 Å². The van der Waals surface area contributed by atoms with Gasteiger partial charge in [-0.1, -0.05) is 56.3 Å². The molecule has 0 saturated carbocycles. The van der Waals surface area contributed by atoms with E-state index in [2.05, 4.69) is 30.9 Å². The van der Waals surface area contributed by atoms with Crippen LogP contribution in [-0.4, -0.2) is 48.1 Å². The number of carbonyl (C=O) groups excluding carboxylic acids is 1. The summed E-state index contributed by atoms with van der Waals surface area (Å²) in [6.45, 7) is 8.50. The van der Waals surface area contributed by atoms with Crippen molar-refractivity contribution in [3.8, 4) is 0 Å². The lowest BCUT2D eigenvalue weighted by Gasteiger charge is -2.22. The fourth-order valence-electron chi connectivity index (χ4n) is 2.87. The Hall–Kier alpha value is -1.81. The highest BCUT2D eigenvalue weighted by Crippen LogP contribution is 2.20. The van der Waals surface area contributed by atoms with Gasteiger partial charge < -0.3 is 14.5 Å². The van der Waals surface area contributed by atoms with Gasteiger partial charge in [-0.3, -0.25) is 0 Å². The van der Waals surface area contributed by atoms with E-state index in [1.54, 1.807) is 0 Å². The highest BCUT2D eigenvalue weighted by atomic mass is 16.6. The summed E-state index contributed by atoms with van der Waals surface area (Å²) < 4.78 is 5.45. The monoisotopic (exact) mass is 316 g/mol. The third kappa shape index (κ3) is 5.39. The summed E-state index contributed by atoms with van der Waals surface area (Å²) in [4.78, 5) is 16.5. The molecular weight excluding hydrogens is 288 g/mol. The van der Waals surface area contributed by atoms with Gasteiger partial charge >= 0.3 is 6.09 Å². The van der Waals surface area contributed by atoms with Crippen molar-refractivity contribution in [3.63, 3.8) is 0 Å². The molecule has 1 aliphatic rings. The highest BCUT2D eigenvalue weighted by molar-refractivity contribution is 5.68. The van der Waals surface area contributed by atoms with Crippen LogP contribution in [0.4, 0.5) is 4.79 Å². The largest absolute Gasteiger partial charge is 0.445 e. The lowest BCUT2D eigenvalue weighted by molar-refractivity contribution is 0.0974. The number of rotatable bonds is 7. The molecule has 1 amide bonds. The Balaban J connectivity index is 1.83. The van der Waals surface area contributed by atoms with Crippen molar-refractivity contribution in [1.82, 2.24) is 9.80 Å². The lowest BCUT2D eigenvalue weighted by Crippen LogP contribution is -2.35. The molecule has 0 N–H and O–H groups in total. The van der Waals surface area contributed by atoms with E-state index >= 15 is 0 Å². The Morgan fingerprint density at radius 2 is 2.04 bits per heavy atom. The van der Waals surface area contributed by atoms with Crippen LogP contribution in [0.25, 0.3) is 0 Å². The molecule has 1 aromatic carbocycles. The summed E-state index contributed by atoms with van der Waals surface area (Å²) in [6, 6.07) is 9.99. The predicted molar refractivity (Wildman–Crippen MR) is 93.3 cm³/mol. The van der Waals surface area contributed by atoms with Crippen LogP contribution in [0, 0.1) is 0 Å². The summed E-state index contributed by atoms with van der Waals surface area (Å²) in [5, 5.41) is 0. The van der Waals surface area contributed by atoms with E-state index in [-0.39, 0.29) is 12.1 Å². The second kappa shape index (κ2) is 9.36. The van der Waals surface area contributed by atoms with Gasteiger partial charge in [0.05, 0.1) is 6.04 Å². The molecule has 2 rings (SSSR count). The van der Waals surface area contributed by atoms with Crippen LogP contribution in [0.2, 0.25) is 0 Å². The Morgan fingerprint density at radius 3 is 2.74 bits per heavy atom. The van der Waals surface area contributed by atoms with Gasteiger partial charge in [-0.05, 0) is 31.5 Å². The van der Waals surface area contributed by atoms with Crippen LogP contribution >= 0.6 is 0 Å². The van der Waals surface area contributed by atoms with Crippen molar-refractivity contribution >= 4 is 6.09 Å². The zero-order valence-electron chi connectivity index (χ0n) is 14.3. The summed E-state index contributed by atoms with van der Waals surface area (Å²) in [7, 11) is 0. The number of amides is 1. The minimum absolute atomic E-state index is 0.175. The van der Waals surface area contributed by atoms with Gasteiger partial charge in [-0.25, -0.2) is 4.79 Å². The van der Waals surface area contributed by atoms with Crippen molar-refractivity contribution in [3.05, 3.63) is 48.0 Å². The molecule has 0 spiro atoms. The van der Waals surface area contributed by atoms with Crippen molar-refractivity contribution in [2.45, 2.75) is 39.3 Å². The zero-order chi connectivity index (χ0) is 16.5. The van der Waals surface area contributed by atoms with Gasteiger partial charge in [-0.15, -0.1) is 0 Å². The first-order valence-corrected chi connectivity index (χ1v) is 8.61. The average Bonchev–Trinajstić information content (AvgIpc) is 3.06. The summed E-state index contributed by atoms with van der Waals surface area (Å²) in [6.07, 6.45) is 6.20. The van der Waals surface area contributed by atoms with Crippen molar-refractivity contribution in [2.75, 3.05) is 26.2 Å². The zero-order valence-corrected chi connectivity index (χ0v) is 14.3. The number of benzene rings is 1. The number of hydrogen-bond donors (Lipinski definition) is 0. The number of ether oxygens (including phenoxy) is 1. The molecule has 0 bridgehead atoms. The first kappa shape index (κ1) is 17.5. The molecule has 4 nitrogen and oxygen atoms in total. The molecule has 23 heavy (non-hydrogen) atoms. The molecule has 126 valence electrons. The van der Waals surface area contributed by atoms with E-state index < -0.39 is 0 Å². The molecule has 1 aliphatic heterocycles. The molecule has 1 unspecified atom stereocenters. The second-order valence-electron chi connectivity index (χ2n) is 5.86. The SMILES string of the molecule is CCN(CC)C/C=C/C1CCCN1C(=O)OCc1ccccc1. The number of likely N-dealkylation sites (tertiary alicyclic amines) is 1. The molecular formula is C19H28N2O2. The fourth-order valence-corrected chi connectivity index (χ4v) is 2.87. The van der Waals surface area contributed by atoms with E-state index in [0.29, 0.717) is 6.61 Å². The first-order chi connectivity index (χ1) is 11.2. The van der Waals surface area contributed by atoms with Gasteiger partial charge in [0.25, 0.3) is 0 Å². The van der Waals surface area contributed by atoms with Crippen LogP contribution in [0.15, 0.2) is 42.5 Å². The molecule has 0 aromatic heterocycles. The van der Waals surface area contributed by atoms with Gasteiger partial charge in [0, 0.05) is 13.1 Å². The molecule has 1 heterocycles. The Bertz CT molecular complexity index is 497. The second-order valence-corrected chi connectivity index (χ2v) is 5.86.